The van der Waals surface area contributed by atoms with Gasteiger partial charge in [-0.1, -0.05) is 12.1 Å². The maximum absolute atomic E-state index is 12.1. The monoisotopic (exact) mass is 243 g/mol. The molecule has 18 heavy (non-hydrogen) atoms. The van der Waals surface area contributed by atoms with Crippen LogP contribution in [0.3, 0.4) is 0 Å². The highest BCUT2D eigenvalue weighted by Gasteiger charge is 2.23. The van der Waals surface area contributed by atoms with E-state index in [0.717, 1.165) is 17.6 Å². The third kappa shape index (κ3) is 2.10. The molecule has 1 saturated carbocycles. The second-order valence-corrected chi connectivity index (χ2v) is 5.01. The summed E-state index contributed by atoms with van der Waals surface area (Å²) < 4.78 is 1.93. The van der Waals surface area contributed by atoms with E-state index >= 15 is 0 Å². The molecule has 0 radical (unpaired) electrons. The van der Waals surface area contributed by atoms with Gasteiger partial charge in [0.25, 0.3) is 0 Å². The molecule has 1 amide bonds. The maximum atomic E-state index is 12.1. The van der Waals surface area contributed by atoms with Gasteiger partial charge in [-0.2, -0.15) is 0 Å². The van der Waals surface area contributed by atoms with E-state index in [-0.39, 0.29) is 11.9 Å². The molecule has 1 aromatic heterocycles. The van der Waals surface area contributed by atoms with E-state index < -0.39 is 0 Å². The third-order valence-electron chi connectivity index (χ3n) is 3.54. The number of carbonyl (C=O) groups excluding carboxylic acids is 1. The van der Waals surface area contributed by atoms with Gasteiger partial charge in [0.15, 0.2) is 0 Å². The van der Waals surface area contributed by atoms with Crippen molar-refractivity contribution in [3.63, 3.8) is 0 Å². The molecule has 1 aromatic carbocycles. The van der Waals surface area contributed by atoms with Gasteiger partial charge in [-0.05, 0) is 37.8 Å². The van der Waals surface area contributed by atoms with Crippen molar-refractivity contribution in [3.8, 4) is 0 Å². The lowest BCUT2D eigenvalue weighted by Crippen LogP contribution is -2.32. The molecule has 1 fully saturated rings. The number of para-hydroxylation sites is 2. The third-order valence-corrected chi connectivity index (χ3v) is 3.54. The fourth-order valence-electron chi connectivity index (χ4n) is 2.13. The van der Waals surface area contributed by atoms with Crippen molar-refractivity contribution in [2.24, 2.45) is 5.92 Å². The van der Waals surface area contributed by atoms with E-state index in [1.54, 1.807) is 6.33 Å². The Balaban J connectivity index is 1.77. The molecule has 0 bridgehead atoms. The quantitative estimate of drug-likeness (QED) is 0.894. The van der Waals surface area contributed by atoms with Gasteiger partial charge in [-0.3, -0.25) is 4.79 Å². The highest BCUT2D eigenvalue weighted by Crippen LogP contribution is 2.27. The molecule has 94 valence electrons. The Bertz CT molecular complexity index is 571. The van der Waals surface area contributed by atoms with Gasteiger partial charge < -0.3 is 9.88 Å². The first-order valence-electron chi connectivity index (χ1n) is 6.45. The molecule has 0 saturated heterocycles. The number of benzene rings is 1. The van der Waals surface area contributed by atoms with Crippen LogP contribution in [-0.4, -0.2) is 22.0 Å². The molecule has 2 aromatic rings. The second kappa shape index (κ2) is 4.44. The number of hydrogen-bond donors (Lipinski definition) is 1. The Hall–Kier alpha value is -1.84. The number of fused-ring (bicyclic) bond motifs is 1. The van der Waals surface area contributed by atoms with Gasteiger partial charge in [0.1, 0.15) is 6.04 Å². The Morgan fingerprint density at radius 1 is 1.50 bits per heavy atom. The lowest BCUT2D eigenvalue weighted by atomic mass is 10.2. The first kappa shape index (κ1) is 11.3. The molecule has 4 heteroatoms. The zero-order valence-corrected chi connectivity index (χ0v) is 10.5. The SMILES string of the molecule is CC(C(=O)NCC1CC1)n1cnc2ccccc21. The van der Waals surface area contributed by atoms with Crippen molar-refractivity contribution < 1.29 is 4.79 Å². The van der Waals surface area contributed by atoms with Crippen molar-refractivity contribution in [1.82, 2.24) is 14.9 Å². The number of hydrogen-bond acceptors (Lipinski definition) is 2. The molecular weight excluding hydrogens is 226 g/mol. The Morgan fingerprint density at radius 3 is 3.06 bits per heavy atom. The predicted octanol–water partition coefficient (Wildman–Crippen LogP) is 2.12. The first-order chi connectivity index (χ1) is 8.75. The molecule has 0 spiro atoms. The normalized spacial score (nSPS) is 16.7. The molecule has 1 aliphatic carbocycles. The van der Waals surface area contributed by atoms with Crippen LogP contribution in [0.4, 0.5) is 0 Å². The standard InChI is InChI=1S/C14H17N3O/c1-10(14(18)15-8-11-6-7-11)17-9-16-12-4-2-3-5-13(12)17/h2-5,9-11H,6-8H2,1H3,(H,15,18). The van der Waals surface area contributed by atoms with Crippen LogP contribution < -0.4 is 5.32 Å². The van der Waals surface area contributed by atoms with Crippen molar-refractivity contribution in [1.29, 1.82) is 0 Å². The molecular formula is C14H17N3O. The number of carbonyl (C=O) groups is 1. The average molecular weight is 243 g/mol. The number of aromatic nitrogens is 2. The summed E-state index contributed by atoms with van der Waals surface area (Å²) in [6, 6.07) is 7.66. The first-order valence-corrected chi connectivity index (χ1v) is 6.45. The van der Waals surface area contributed by atoms with Gasteiger partial charge in [-0.15, -0.1) is 0 Å². The molecule has 1 aliphatic rings. The summed E-state index contributed by atoms with van der Waals surface area (Å²) in [5, 5.41) is 3.01. The lowest BCUT2D eigenvalue weighted by molar-refractivity contribution is -0.123. The van der Waals surface area contributed by atoms with Crippen molar-refractivity contribution >= 4 is 16.9 Å². The van der Waals surface area contributed by atoms with E-state index in [0.29, 0.717) is 5.92 Å². The number of nitrogens with one attached hydrogen (secondary N) is 1. The molecule has 4 nitrogen and oxygen atoms in total. The molecule has 1 unspecified atom stereocenters. The average Bonchev–Trinajstić information content (AvgIpc) is 3.13. The van der Waals surface area contributed by atoms with Crippen LogP contribution in [0, 0.1) is 5.92 Å². The van der Waals surface area contributed by atoms with Gasteiger partial charge >= 0.3 is 0 Å². The van der Waals surface area contributed by atoms with Crippen LogP contribution in [0.2, 0.25) is 0 Å². The van der Waals surface area contributed by atoms with Gasteiger partial charge in [0.2, 0.25) is 5.91 Å². The van der Waals surface area contributed by atoms with Crippen LogP contribution in [0.25, 0.3) is 11.0 Å². The smallest absolute Gasteiger partial charge is 0.242 e. The van der Waals surface area contributed by atoms with E-state index in [1.807, 2.05) is 35.8 Å². The minimum atomic E-state index is -0.212. The maximum Gasteiger partial charge on any atom is 0.242 e. The van der Waals surface area contributed by atoms with Crippen molar-refractivity contribution in [2.75, 3.05) is 6.54 Å². The van der Waals surface area contributed by atoms with Crippen LogP contribution in [0.1, 0.15) is 25.8 Å². The number of rotatable bonds is 4. The molecule has 3 rings (SSSR count). The van der Waals surface area contributed by atoms with Crippen molar-refractivity contribution in [3.05, 3.63) is 30.6 Å². The highest BCUT2D eigenvalue weighted by molar-refractivity contribution is 5.83. The van der Waals surface area contributed by atoms with Crippen LogP contribution in [0.5, 0.6) is 0 Å². The molecule has 1 heterocycles. The fraction of sp³-hybridized carbons (Fsp3) is 0.429. The Labute approximate surface area is 106 Å². The number of nitrogens with zero attached hydrogens (tertiary/aromatic N) is 2. The summed E-state index contributed by atoms with van der Waals surface area (Å²) in [6.45, 7) is 2.73. The molecule has 1 N–H and O–H groups in total. The predicted molar refractivity (Wildman–Crippen MR) is 70.2 cm³/mol. The van der Waals surface area contributed by atoms with Crippen LogP contribution >= 0.6 is 0 Å². The summed E-state index contributed by atoms with van der Waals surface area (Å²) >= 11 is 0. The van der Waals surface area contributed by atoms with E-state index in [2.05, 4.69) is 10.3 Å². The van der Waals surface area contributed by atoms with Crippen LogP contribution in [-0.2, 0) is 4.79 Å². The number of amides is 1. The summed E-state index contributed by atoms with van der Waals surface area (Å²) in [4.78, 5) is 16.4. The van der Waals surface area contributed by atoms with Gasteiger partial charge in [-0.25, -0.2) is 4.98 Å². The molecule has 1 atom stereocenters. The minimum absolute atomic E-state index is 0.0741. The van der Waals surface area contributed by atoms with Gasteiger partial charge in [0, 0.05) is 6.54 Å². The topological polar surface area (TPSA) is 46.9 Å². The molecule has 0 aliphatic heterocycles. The van der Waals surface area contributed by atoms with Crippen molar-refractivity contribution in [2.45, 2.75) is 25.8 Å². The zero-order chi connectivity index (χ0) is 12.5. The minimum Gasteiger partial charge on any atom is -0.354 e. The number of imidazole rings is 1. The second-order valence-electron chi connectivity index (χ2n) is 5.01. The zero-order valence-electron chi connectivity index (χ0n) is 10.5. The Morgan fingerprint density at radius 2 is 2.28 bits per heavy atom. The summed E-state index contributed by atoms with van der Waals surface area (Å²) in [7, 11) is 0. The Kier molecular flexibility index (Phi) is 2.78. The van der Waals surface area contributed by atoms with E-state index in [4.69, 9.17) is 0 Å². The fourth-order valence-corrected chi connectivity index (χ4v) is 2.13. The summed E-state index contributed by atoms with van der Waals surface area (Å²) in [5.74, 6) is 0.783. The summed E-state index contributed by atoms with van der Waals surface area (Å²) in [6.07, 6.45) is 4.25. The largest absolute Gasteiger partial charge is 0.354 e. The van der Waals surface area contributed by atoms with E-state index in [9.17, 15) is 4.79 Å². The van der Waals surface area contributed by atoms with Gasteiger partial charge in [0.05, 0.1) is 17.4 Å². The van der Waals surface area contributed by atoms with Crippen LogP contribution in [0.15, 0.2) is 30.6 Å². The lowest BCUT2D eigenvalue weighted by Gasteiger charge is -2.14. The van der Waals surface area contributed by atoms with E-state index in [1.165, 1.54) is 12.8 Å². The summed E-state index contributed by atoms with van der Waals surface area (Å²) in [5.41, 5.74) is 1.94. The highest BCUT2D eigenvalue weighted by atomic mass is 16.2.